The number of hydrogen-bond donors (Lipinski definition) is 2. The molecule has 0 bridgehead atoms. The Morgan fingerprint density at radius 2 is 1.72 bits per heavy atom. The molecule has 0 aliphatic heterocycles. The lowest BCUT2D eigenvalue weighted by atomic mass is 9.93. The van der Waals surface area contributed by atoms with Gasteiger partial charge in [-0.2, -0.15) is 0 Å². The van der Waals surface area contributed by atoms with Gasteiger partial charge < -0.3 is 10.6 Å². The fourth-order valence-electron chi connectivity index (χ4n) is 3.12. The maximum Gasteiger partial charge on any atom is 0.247 e. The lowest BCUT2D eigenvalue weighted by Gasteiger charge is -2.14. The van der Waals surface area contributed by atoms with Crippen LogP contribution in [-0.4, -0.2) is 18.5 Å². The van der Waals surface area contributed by atoms with E-state index in [0.29, 0.717) is 17.1 Å². The van der Waals surface area contributed by atoms with E-state index < -0.39 is 0 Å². The molecule has 2 rings (SSSR count). The summed E-state index contributed by atoms with van der Waals surface area (Å²) < 4.78 is 14.8. The van der Waals surface area contributed by atoms with E-state index in [0.717, 1.165) is 34.5 Å². The first-order valence-corrected chi connectivity index (χ1v) is 10.2. The number of halogens is 1. The predicted molar refractivity (Wildman–Crippen MR) is 122 cm³/mol. The molecular formula is C25H33FN2O. The normalized spacial score (nSPS) is 11.9. The van der Waals surface area contributed by atoms with Gasteiger partial charge in [0, 0.05) is 29.4 Å². The summed E-state index contributed by atoms with van der Waals surface area (Å²) in [6.07, 6.45) is 1.89. The molecule has 4 heteroatoms. The minimum atomic E-state index is -0.239. The van der Waals surface area contributed by atoms with Gasteiger partial charge in [0.25, 0.3) is 0 Å². The summed E-state index contributed by atoms with van der Waals surface area (Å²) in [6.45, 7) is 14.7. The topological polar surface area (TPSA) is 41.1 Å². The van der Waals surface area contributed by atoms with Crippen LogP contribution in [0.15, 0.2) is 35.9 Å². The Hall–Kier alpha value is -2.62. The molecule has 0 atom stereocenters. The predicted octanol–water partition coefficient (Wildman–Crippen LogP) is 6.11. The SMILES string of the molecule is C/C(=C\c1cc(C)c(-c2ccc(NCC(C)C)cc2F)cc1C)C(=O)NC(C)C. The molecule has 2 N–H and O–H groups in total. The second kappa shape index (κ2) is 9.73. The van der Waals surface area contributed by atoms with Gasteiger partial charge in [-0.05, 0) is 87.1 Å². The van der Waals surface area contributed by atoms with Crippen LogP contribution in [0.25, 0.3) is 17.2 Å². The average molecular weight is 397 g/mol. The van der Waals surface area contributed by atoms with Crippen molar-refractivity contribution in [3.05, 3.63) is 58.4 Å². The zero-order valence-electron chi connectivity index (χ0n) is 18.6. The monoisotopic (exact) mass is 396 g/mol. The van der Waals surface area contributed by atoms with Crippen LogP contribution in [0.2, 0.25) is 0 Å². The number of hydrogen-bond acceptors (Lipinski definition) is 2. The zero-order valence-corrected chi connectivity index (χ0v) is 18.6. The molecule has 3 nitrogen and oxygen atoms in total. The molecule has 0 unspecified atom stereocenters. The fourth-order valence-corrected chi connectivity index (χ4v) is 3.12. The van der Waals surface area contributed by atoms with Crippen molar-refractivity contribution in [2.45, 2.75) is 54.5 Å². The number of carbonyl (C=O) groups excluding carboxylic acids is 1. The highest BCUT2D eigenvalue weighted by Gasteiger charge is 2.12. The summed E-state index contributed by atoms with van der Waals surface area (Å²) >= 11 is 0. The van der Waals surface area contributed by atoms with E-state index in [9.17, 15) is 9.18 Å². The van der Waals surface area contributed by atoms with Crippen molar-refractivity contribution in [1.29, 1.82) is 0 Å². The number of amides is 1. The Labute approximate surface area is 174 Å². The van der Waals surface area contributed by atoms with Gasteiger partial charge in [-0.1, -0.05) is 26.0 Å². The van der Waals surface area contributed by atoms with Crippen molar-refractivity contribution in [3.63, 3.8) is 0 Å². The van der Waals surface area contributed by atoms with E-state index in [4.69, 9.17) is 0 Å². The molecule has 0 aliphatic rings. The second-order valence-corrected chi connectivity index (χ2v) is 8.45. The molecule has 2 aromatic rings. The van der Waals surface area contributed by atoms with E-state index in [1.807, 2.05) is 65.0 Å². The number of carbonyl (C=O) groups is 1. The first kappa shape index (κ1) is 22.7. The van der Waals surface area contributed by atoms with Crippen LogP contribution in [0.5, 0.6) is 0 Å². The Kier molecular flexibility index (Phi) is 7.60. The van der Waals surface area contributed by atoms with E-state index in [-0.39, 0.29) is 17.8 Å². The maximum absolute atomic E-state index is 14.8. The Balaban J connectivity index is 2.33. The summed E-state index contributed by atoms with van der Waals surface area (Å²) in [7, 11) is 0. The molecule has 0 aliphatic carbocycles. The van der Waals surface area contributed by atoms with Crippen molar-refractivity contribution in [3.8, 4) is 11.1 Å². The minimum Gasteiger partial charge on any atom is -0.385 e. The van der Waals surface area contributed by atoms with Gasteiger partial charge in [0.15, 0.2) is 0 Å². The molecule has 2 aromatic carbocycles. The first-order chi connectivity index (χ1) is 13.6. The van der Waals surface area contributed by atoms with Gasteiger partial charge in [0.2, 0.25) is 5.91 Å². The maximum atomic E-state index is 14.8. The lowest BCUT2D eigenvalue weighted by Crippen LogP contribution is -2.30. The average Bonchev–Trinajstić information content (AvgIpc) is 2.62. The Bertz CT molecular complexity index is 913. The van der Waals surface area contributed by atoms with Crippen LogP contribution in [0, 0.1) is 25.6 Å². The Morgan fingerprint density at radius 3 is 2.31 bits per heavy atom. The van der Waals surface area contributed by atoms with Gasteiger partial charge in [0.1, 0.15) is 5.82 Å². The number of rotatable bonds is 7. The van der Waals surface area contributed by atoms with Crippen LogP contribution in [-0.2, 0) is 4.79 Å². The van der Waals surface area contributed by atoms with Crippen LogP contribution >= 0.6 is 0 Å². The van der Waals surface area contributed by atoms with Gasteiger partial charge >= 0.3 is 0 Å². The van der Waals surface area contributed by atoms with Crippen molar-refractivity contribution >= 4 is 17.7 Å². The van der Waals surface area contributed by atoms with E-state index in [1.165, 1.54) is 0 Å². The van der Waals surface area contributed by atoms with Gasteiger partial charge in [0.05, 0.1) is 0 Å². The highest BCUT2D eigenvalue weighted by atomic mass is 19.1. The fraction of sp³-hybridized carbons (Fsp3) is 0.400. The van der Waals surface area contributed by atoms with Crippen molar-refractivity contribution in [2.24, 2.45) is 5.92 Å². The molecule has 1 amide bonds. The highest BCUT2D eigenvalue weighted by molar-refractivity contribution is 5.97. The summed E-state index contributed by atoms with van der Waals surface area (Å²) in [5.74, 6) is 0.183. The first-order valence-electron chi connectivity index (χ1n) is 10.2. The van der Waals surface area contributed by atoms with Gasteiger partial charge in [-0.15, -0.1) is 0 Å². The van der Waals surface area contributed by atoms with Crippen LogP contribution in [0.3, 0.4) is 0 Å². The van der Waals surface area contributed by atoms with E-state index >= 15 is 0 Å². The standard InChI is InChI=1S/C25H33FN2O/c1-15(2)14-27-21-8-9-22(24(26)13-21)23-12-17(5)20(10-18(23)6)11-19(7)25(29)28-16(3)4/h8-13,15-16,27H,14H2,1-7H3,(H,28,29)/b19-11+. The third kappa shape index (κ3) is 6.18. The molecule has 0 spiro atoms. The smallest absolute Gasteiger partial charge is 0.247 e. The molecule has 0 saturated carbocycles. The molecule has 0 aromatic heterocycles. The number of aryl methyl sites for hydroxylation is 2. The van der Waals surface area contributed by atoms with Gasteiger partial charge in [-0.3, -0.25) is 4.79 Å². The largest absolute Gasteiger partial charge is 0.385 e. The number of nitrogens with one attached hydrogen (secondary N) is 2. The van der Waals surface area contributed by atoms with Crippen molar-refractivity contribution in [2.75, 3.05) is 11.9 Å². The van der Waals surface area contributed by atoms with Crippen LogP contribution in [0.1, 0.15) is 51.3 Å². The third-order valence-corrected chi connectivity index (χ3v) is 4.74. The second-order valence-electron chi connectivity index (χ2n) is 8.45. The molecule has 29 heavy (non-hydrogen) atoms. The van der Waals surface area contributed by atoms with Crippen molar-refractivity contribution < 1.29 is 9.18 Å². The Morgan fingerprint density at radius 1 is 1.03 bits per heavy atom. The molecule has 0 fully saturated rings. The molecular weight excluding hydrogens is 363 g/mol. The third-order valence-electron chi connectivity index (χ3n) is 4.74. The summed E-state index contributed by atoms with van der Waals surface area (Å²) in [6, 6.07) is 9.41. The van der Waals surface area contributed by atoms with E-state index in [1.54, 1.807) is 6.07 Å². The number of anilines is 1. The lowest BCUT2D eigenvalue weighted by molar-refractivity contribution is -0.117. The quantitative estimate of drug-likeness (QED) is 0.555. The van der Waals surface area contributed by atoms with Crippen molar-refractivity contribution in [1.82, 2.24) is 5.32 Å². The summed E-state index contributed by atoms with van der Waals surface area (Å²) in [5.41, 5.74) is 5.85. The highest BCUT2D eigenvalue weighted by Crippen LogP contribution is 2.31. The molecule has 0 heterocycles. The summed E-state index contributed by atoms with van der Waals surface area (Å²) in [4.78, 5) is 12.2. The van der Waals surface area contributed by atoms with E-state index in [2.05, 4.69) is 24.5 Å². The minimum absolute atomic E-state index is 0.0725. The van der Waals surface area contributed by atoms with Crippen LogP contribution in [0.4, 0.5) is 10.1 Å². The number of benzene rings is 2. The molecule has 0 radical (unpaired) electrons. The molecule has 156 valence electrons. The zero-order chi connectivity index (χ0) is 21.7. The van der Waals surface area contributed by atoms with Gasteiger partial charge in [-0.25, -0.2) is 4.39 Å². The van der Waals surface area contributed by atoms with Crippen LogP contribution < -0.4 is 10.6 Å². The summed E-state index contributed by atoms with van der Waals surface area (Å²) in [5, 5.41) is 6.16. The molecule has 0 saturated heterocycles.